The van der Waals surface area contributed by atoms with E-state index in [0.717, 1.165) is 16.1 Å². The largest absolute Gasteiger partial charge is 0.347 e. The molecule has 4 nitrogen and oxygen atoms in total. The summed E-state index contributed by atoms with van der Waals surface area (Å²) < 4.78 is 0. The first-order valence-electron chi connectivity index (χ1n) is 6.71. The fraction of sp³-hybridized carbons (Fsp3) is 0.0625. The van der Waals surface area contributed by atoms with Crippen LogP contribution in [0, 0.1) is 0 Å². The van der Waals surface area contributed by atoms with Gasteiger partial charge < -0.3 is 5.32 Å². The van der Waals surface area contributed by atoms with E-state index < -0.39 is 0 Å². The van der Waals surface area contributed by atoms with Gasteiger partial charge in [0.05, 0.1) is 10.0 Å². The summed E-state index contributed by atoms with van der Waals surface area (Å²) in [6.07, 6.45) is 3.41. The second-order valence-electron chi connectivity index (χ2n) is 4.71. The highest BCUT2D eigenvalue weighted by molar-refractivity contribution is 7.13. The average molecular weight is 364 g/mol. The fourth-order valence-electron chi connectivity index (χ4n) is 1.92. The van der Waals surface area contributed by atoms with Gasteiger partial charge in [0, 0.05) is 29.9 Å². The number of pyridine rings is 1. The molecule has 3 rings (SSSR count). The first-order chi connectivity index (χ1) is 11.1. The standard InChI is InChI=1S/C16H11Cl2N3OS/c17-12-4-3-10(6-13(12)18)7-20-15(22)14-9-23-16(21-14)11-2-1-5-19-8-11/h1-6,8-9H,7H2,(H,20,22). The minimum Gasteiger partial charge on any atom is -0.347 e. The van der Waals surface area contributed by atoms with Gasteiger partial charge in [-0.15, -0.1) is 11.3 Å². The summed E-state index contributed by atoms with van der Waals surface area (Å²) in [6, 6.07) is 8.99. The van der Waals surface area contributed by atoms with Crippen molar-refractivity contribution in [3.63, 3.8) is 0 Å². The van der Waals surface area contributed by atoms with Gasteiger partial charge in [-0.1, -0.05) is 29.3 Å². The molecule has 2 heterocycles. The van der Waals surface area contributed by atoms with Gasteiger partial charge in [0.2, 0.25) is 0 Å². The lowest BCUT2D eigenvalue weighted by molar-refractivity contribution is 0.0946. The molecule has 0 aliphatic heterocycles. The molecule has 0 unspecified atom stereocenters. The number of rotatable bonds is 4. The zero-order valence-electron chi connectivity index (χ0n) is 11.8. The van der Waals surface area contributed by atoms with Gasteiger partial charge in [-0.2, -0.15) is 0 Å². The molecule has 0 spiro atoms. The Balaban J connectivity index is 1.67. The normalized spacial score (nSPS) is 10.5. The van der Waals surface area contributed by atoms with E-state index in [9.17, 15) is 4.79 Å². The van der Waals surface area contributed by atoms with Crippen molar-refractivity contribution in [1.82, 2.24) is 15.3 Å². The van der Waals surface area contributed by atoms with E-state index in [2.05, 4.69) is 15.3 Å². The second-order valence-corrected chi connectivity index (χ2v) is 6.38. The number of carbonyl (C=O) groups excluding carboxylic acids is 1. The zero-order valence-corrected chi connectivity index (χ0v) is 14.1. The first-order valence-corrected chi connectivity index (χ1v) is 8.35. The van der Waals surface area contributed by atoms with Gasteiger partial charge >= 0.3 is 0 Å². The Kier molecular flexibility index (Phi) is 4.91. The Bertz CT molecular complexity index is 836. The predicted molar refractivity (Wildman–Crippen MR) is 93.0 cm³/mol. The lowest BCUT2D eigenvalue weighted by Gasteiger charge is -2.05. The third kappa shape index (κ3) is 3.88. The number of hydrogen-bond donors (Lipinski definition) is 1. The Morgan fingerprint density at radius 1 is 1.22 bits per heavy atom. The van der Waals surface area contributed by atoms with Crippen molar-refractivity contribution < 1.29 is 4.79 Å². The molecular formula is C16H11Cl2N3OS. The van der Waals surface area contributed by atoms with Crippen LogP contribution in [0.15, 0.2) is 48.1 Å². The molecule has 0 fully saturated rings. The minimum atomic E-state index is -0.234. The molecule has 1 N–H and O–H groups in total. The molecule has 1 aromatic carbocycles. The maximum Gasteiger partial charge on any atom is 0.271 e. The summed E-state index contributed by atoms with van der Waals surface area (Å²) in [4.78, 5) is 20.6. The van der Waals surface area contributed by atoms with E-state index in [0.29, 0.717) is 22.3 Å². The van der Waals surface area contributed by atoms with Crippen LogP contribution >= 0.6 is 34.5 Å². The summed E-state index contributed by atoms with van der Waals surface area (Å²) in [5.41, 5.74) is 2.14. The number of nitrogens with zero attached hydrogens (tertiary/aromatic N) is 2. The van der Waals surface area contributed by atoms with Crippen LogP contribution in [0.25, 0.3) is 10.6 Å². The molecule has 0 atom stereocenters. The van der Waals surface area contributed by atoms with Crippen LogP contribution in [-0.2, 0) is 6.54 Å². The topological polar surface area (TPSA) is 54.9 Å². The monoisotopic (exact) mass is 363 g/mol. The number of hydrogen-bond acceptors (Lipinski definition) is 4. The average Bonchev–Trinajstić information content (AvgIpc) is 3.06. The van der Waals surface area contributed by atoms with E-state index >= 15 is 0 Å². The van der Waals surface area contributed by atoms with Gasteiger partial charge in [0.15, 0.2) is 0 Å². The molecule has 0 aliphatic carbocycles. The molecule has 0 bridgehead atoms. The Hall–Kier alpha value is -1.95. The summed E-state index contributed by atoms with van der Waals surface area (Å²) in [7, 11) is 0. The molecule has 3 aromatic rings. The van der Waals surface area contributed by atoms with Crippen LogP contribution in [0.2, 0.25) is 10.0 Å². The van der Waals surface area contributed by atoms with E-state index in [1.165, 1.54) is 11.3 Å². The minimum absolute atomic E-state index is 0.234. The number of thiazole rings is 1. The van der Waals surface area contributed by atoms with Gasteiger partial charge in [-0.3, -0.25) is 9.78 Å². The number of nitrogens with one attached hydrogen (secondary N) is 1. The number of aromatic nitrogens is 2. The summed E-state index contributed by atoms with van der Waals surface area (Å²) in [5, 5.41) is 6.26. The maximum absolute atomic E-state index is 12.2. The quantitative estimate of drug-likeness (QED) is 0.745. The summed E-state index contributed by atoms with van der Waals surface area (Å²) in [6.45, 7) is 0.357. The zero-order chi connectivity index (χ0) is 16.2. The third-order valence-corrected chi connectivity index (χ3v) is 4.71. The van der Waals surface area contributed by atoms with Crippen LogP contribution < -0.4 is 5.32 Å². The van der Waals surface area contributed by atoms with Gasteiger partial charge in [0.25, 0.3) is 5.91 Å². The lowest BCUT2D eigenvalue weighted by Crippen LogP contribution is -2.23. The van der Waals surface area contributed by atoms with Crippen molar-refractivity contribution >= 4 is 40.4 Å². The molecule has 0 aliphatic rings. The second kappa shape index (κ2) is 7.08. The van der Waals surface area contributed by atoms with E-state index in [1.807, 2.05) is 18.2 Å². The fourth-order valence-corrected chi connectivity index (χ4v) is 3.03. The first kappa shape index (κ1) is 15.9. The molecule has 116 valence electrons. The number of carbonyl (C=O) groups is 1. The van der Waals surface area contributed by atoms with Crippen molar-refractivity contribution in [3.05, 3.63) is 69.4 Å². The summed E-state index contributed by atoms with van der Waals surface area (Å²) >= 11 is 13.2. The highest BCUT2D eigenvalue weighted by atomic mass is 35.5. The Labute approximate surface area is 147 Å². The Morgan fingerprint density at radius 3 is 2.83 bits per heavy atom. The number of amides is 1. The van der Waals surface area contributed by atoms with Crippen molar-refractivity contribution in [3.8, 4) is 10.6 Å². The third-order valence-electron chi connectivity index (χ3n) is 3.08. The molecule has 0 radical (unpaired) electrons. The van der Waals surface area contributed by atoms with Crippen molar-refractivity contribution in [1.29, 1.82) is 0 Å². The predicted octanol–water partition coefficient (Wildman–Crippen LogP) is 4.44. The van der Waals surface area contributed by atoms with Crippen molar-refractivity contribution in [2.75, 3.05) is 0 Å². The van der Waals surface area contributed by atoms with Gasteiger partial charge in [-0.25, -0.2) is 4.98 Å². The van der Waals surface area contributed by atoms with Crippen LogP contribution in [0.3, 0.4) is 0 Å². The lowest BCUT2D eigenvalue weighted by atomic mass is 10.2. The molecule has 0 saturated carbocycles. The van der Waals surface area contributed by atoms with Crippen LogP contribution in [-0.4, -0.2) is 15.9 Å². The van der Waals surface area contributed by atoms with Crippen LogP contribution in [0.5, 0.6) is 0 Å². The maximum atomic E-state index is 12.2. The van der Waals surface area contributed by atoms with E-state index in [-0.39, 0.29) is 5.91 Å². The van der Waals surface area contributed by atoms with E-state index in [4.69, 9.17) is 23.2 Å². The highest BCUT2D eigenvalue weighted by Gasteiger charge is 2.12. The molecule has 0 saturated heterocycles. The number of benzene rings is 1. The van der Waals surface area contributed by atoms with Gasteiger partial charge in [0.1, 0.15) is 10.7 Å². The highest BCUT2D eigenvalue weighted by Crippen LogP contribution is 2.23. The van der Waals surface area contributed by atoms with Gasteiger partial charge in [-0.05, 0) is 29.8 Å². The van der Waals surface area contributed by atoms with Crippen LogP contribution in [0.4, 0.5) is 0 Å². The van der Waals surface area contributed by atoms with Crippen LogP contribution in [0.1, 0.15) is 16.1 Å². The molecule has 7 heteroatoms. The van der Waals surface area contributed by atoms with Crippen molar-refractivity contribution in [2.45, 2.75) is 6.54 Å². The summed E-state index contributed by atoms with van der Waals surface area (Å²) in [5.74, 6) is -0.234. The molecule has 2 aromatic heterocycles. The van der Waals surface area contributed by atoms with E-state index in [1.54, 1.807) is 29.9 Å². The van der Waals surface area contributed by atoms with Crippen molar-refractivity contribution in [2.24, 2.45) is 0 Å². The smallest absolute Gasteiger partial charge is 0.271 e. The molecular weight excluding hydrogens is 353 g/mol. The number of halogens is 2. The Morgan fingerprint density at radius 2 is 2.09 bits per heavy atom. The SMILES string of the molecule is O=C(NCc1ccc(Cl)c(Cl)c1)c1csc(-c2cccnc2)n1. The molecule has 23 heavy (non-hydrogen) atoms. The molecule has 1 amide bonds.